The van der Waals surface area contributed by atoms with E-state index in [0.29, 0.717) is 24.3 Å². The molecule has 2 aromatic heterocycles. The summed E-state index contributed by atoms with van der Waals surface area (Å²) in [6, 6.07) is 14.2. The molecule has 3 aromatic rings. The van der Waals surface area contributed by atoms with Crippen LogP contribution in [0.1, 0.15) is 26.5 Å². The third-order valence-corrected chi connectivity index (χ3v) is 4.92. The molecular weight excluding hydrogens is 368 g/mol. The zero-order valence-electron chi connectivity index (χ0n) is 16.0. The number of amides is 2. The van der Waals surface area contributed by atoms with E-state index in [2.05, 4.69) is 21.3 Å². The number of furan rings is 1. The Kier molecular flexibility index (Phi) is 5.67. The zero-order chi connectivity index (χ0) is 20.1. The van der Waals surface area contributed by atoms with Gasteiger partial charge in [-0.25, -0.2) is 0 Å². The highest BCUT2D eigenvalue weighted by Gasteiger charge is 2.22. The molecular formula is C22H22N4O3. The van der Waals surface area contributed by atoms with Crippen molar-refractivity contribution in [1.29, 1.82) is 0 Å². The van der Waals surface area contributed by atoms with Gasteiger partial charge in [-0.2, -0.15) is 0 Å². The van der Waals surface area contributed by atoms with Crippen molar-refractivity contribution < 1.29 is 14.0 Å². The van der Waals surface area contributed by atoms with E-state index in [1.165, 1.54) is 11.8 Å². The Labute approximate surface area is 169 Å². The van der Waals surface area contributed by atoms with Gasteiger partial charge in [0.1, 0.15) is 0 Å². The summed E-state index contributed by atoms with van der Waals surface area (Å²) >= 11 is 0. The number of pyridine rings is 1. The van der Waals surface area contributed by atoms with Gasteiger partial charge in [-0.1, -0.05) is 6.07 Å². The molecule has 29 heavy (non-hydrogen) atoms. The lowest BCUT2D eigenvalue weighted by Gasteiger charge is -2.34. The van der Waals surface area contributed by atoms with Crippen LogP contribution in [0.4, 0.5) is 5.69 Å². The van der Waals surface area contributed by atoms with Gasteiger partial charge in [0.15, 0.2) is 5.76 Å². The Morgan fingerprint density at radius 3 is 2.45 bits per heavy atom. The number of aromatic nitrogens is 1. The number of nitrogens with zero attached hydrogens (tertiary/aromatic N) is 3. The van der Waals surface area contributed by atoms with Crippen LogP contribution in [0.3, 0.4) is 0 Å². The van der Waals surface area contributed by atoms with Crippen molar-refractivity contribution >= 4 is 17.5 Å². The Bertz CT molecular complexity index is 947. The second kappa shape index (κ2) is 8.70. The Morgan fingerprint density at radius 1 is 1.00 bits per heavy atom. The molecule has 4 rings (SSSR count). The van der Waals surface area contributed by atoms with E-state index in [-0.39, 0.29) is 17.6 Å². The standard InChI is InChI=1S/C22H22N4O3/c27-21(20-4-2-14-29-20)24-19-7-5-18(6-8-19)22(28)26-12-10-25(11-13-26)16-17-3-1-9-23-15-17/h1-9,14-15H,10-13,16H2,(H,24,27). The number of hydrogen-bond donors (Lipinski definition) is 1. The summed E-state index contributed by atoms with van der Waals surface area (Å²) in [6.45, 7) is 3.89. The number of carbonyl (C=O) groups excluding carboxylic acids is 2. The third-order valence-electron chi connectivity index (χ3n) is 4.92. The van der Waals surface area contributed by atoms with E-state index in [9.17, 15) is 9.59 Å². The molecule has 1 saturated heterocycles. The van der Waals surface area contributed by atoms with Gasteiger partial charge in [-0.15, -0.1) is 0 Å². The van der Waals surface area contributed by atoms with Gasteiger partial charge in [-0.05, 0) is 48.0 Å². The molecule has 0 bridgehead atoms. The fourth-order valence-corrected chi connectivity index (χ4v) is 3.34. The number of hydrogen-bond acceptors (Lipinski definition) is 5. The first-order valence-electron chi connectivity index (χ1n) is 9.54. The largest absolute Gasteiger partial charge is 0.459 e. The van der Waals surface area contributed by atoms with Gasteiger partial charge < -0.3 is 14.6 Å². The summed E-state index contributed by atoms with van der Waals surface area (Å²) in [7, 11) is 0. The van der Waals surface area contributed by atoms with Crippen molar-refractivity contribution in [2.75, 3.05) is 31.5 Å². The normalized spacial score (nSPS) is 14.6. The topological polar surface area (TPSA) is 78.7 Å². The van der Waals surface area contributed by atoms with E-state index in [0.717, 1.165) is 19.6 Å². The second-order valence-corrected chi connectivity index (χ2v) is 6.94. The Balaban J connectivity index is 1.30. The average molecular weight is 390 g/mol. The van der Waals surface area contributed by atoms with E-state index in [1.54, 1.807) is 42.6 Å². The molecule has 3 heterocycles. The highest BCUT2D eigenvalue weighted by atomic mass is 16.3. The molecule has 0 spiro atoms. The van der Waals surface area contributed by atoms with Gasteiger partial charge in [0.05, 0.1) is 6.26 Å². The molecule has 1 aliphatic heterocycles. The minimum Gasteiger partial charge on any atom is -0.459 e. The lowest BCUT2D eigenvalue weighted by Crippen LogP contribution is -2.48. The first kappa shape index (κ1) is 18.9. The van der Waals surface area contributed by atoms with E-state index in [4.69, 9.17) is 4.42 Å². The van der Waals surface area contributed by atoms with Crippen molar-refractivity contribution in [2.45, 2.75) is 6.54 Å². The molecule has 1 fully saturated rings. The van der Waals surface area contributed by atoms with E-state index in [1.807, 2.05) is 17.2 Å². The molecule has 148 valence electrons. The molecule has 7 nitrogen and oxygen atoms in total. The Hall–Kier alpha value is -3.45. The molecule has 0 atom stereocenters. The highest BCUT2D eigenvalue weighted by Crippen LogP contribution is 2.15. The van der Waals surface area contributed by atoms with Crippen molar-refractivity contribution in [2.24, 2.45) is 0 Å². The first-order chi connectivity index (χ1) is 14.2. The molecule has 0 saturated carbocycles. The van der Waals surface area contributed by atoms with E-state index >= 15 is 0 Å². The van der Waals surface area contributed by atoms with Gasteiger partial charge in [0.25, 0.3) is 11.8 Å². The molecule has 1 N–H and O–H groups in total. The van der Waals surface area contributed by atoms with Crippen LogP contribution in [0, 0.1) is 0 Å². The van der Waals surface area contributed by atoms with Gasteiger partial charge in [0, 0.05) is 56.4 Å². The van der Waals surface area contributed by atoms with Crippen LogP contribution in [0.15, 0.2) is 71.6 Å². The molecule has 1 aromatic carbocycles. The monoisotopic (exact) mass is 390 g/mol. The molecule has 2 amide bonds. The summed E-state index contributed by atoms with van der Waals surface area (Å²) in [5.74, 6) is -0.0666. The average Bonchev–Trinajstić information content (AvgIpc) is 3.30. The minimum absolute atomic E-state index is 0.00920. The number of piperazine rings is 1. The van der Waals surface area contributed by atoms with Crippen LogP contribution in [-0.4, -0.2) is 52.8 Å². The molecule has 7 heteroatoms. The highest BCUT2D eigenvalue weighted by molar-refractivity contribution is 6.02. The quantitative estimate of drug-likeness (QED) is 0.725. The summed E-state index contributed by atoms with van der Waals surface area (Å²) in [4.78, 5) is 33.1. The fourth-order valence-electron chi connectivity index (χ4n) is 3.34. The lowest BCUT2D eigenvalue weighted by molar-refractivity contribution is 0.0628. The predicted octanol–water partition coefficient (Wildman–Crippen LogP) is 2.88. The fraction of sp³-hybridized carbons (Fsp3) is 0.227. The van der Waals surface area contributed by atoms with Crippen LogP contribution >= 0.6 is 0 Å². The van der Waals surface area contributed by atoms with Gasteiger partial charge in [-0.3, -0.25) is 19.5 Å². The summed E-state index contributed by atoms with van der Waals surface area (Å²) in [6.07, 6.45) is 5.10. The maximum Gasteiger partial charge on any atom is 0.291 e. The predicted molar refractivity (Wildman–Crippen MR) is 109 cm³/mol. The number of rotatable bonds is 5. The smallest absolute Gasteiger partial charge is 0.291 e. The maximum absolute atomic E-state index is 12.8. The molecule has 1 aliphatic rings. The minimum atomic E-state index is -0.321. The number of carbonyl (C=O) groups is 2. The van der Waals surface area contributed by atoms with Crippen molar-refractivity contribution in [3.63, 3.8) is 0 Å². The van der Waals surface area contributed by atoms with Crippen LogP contribution in [0.5, 0.6) is 0 Å². The molecule has 0 aliphatic carbocycles. The van der Waals surface area contributed by atoms with Crippen LogP contribution in [0.25, 0.3) is 0 Å². The van der Waals surface area contributed by atoms with Crippen molar-refractivity contribution in [3.8, 4) is 0 Å². The van der Waals surface area contributed by atoms with Crippen LogP contribution in [0.2, 0.25) is 0 Å². The maximum atomic E-state index is 12.8. The van der Waals surface area contributed by atoms with Gasteiger partial charge >= 0.3 is 0 Å². The molecule has 0 unspecified atom stereocenters. The summed E-state index contributed by atoms with van der Waals surface area (Å²) in [5, 5.41) is 2.75. The van der Waals surface area contributed by atoms with Crippen molar-refractivity contribution in [1.82, 2.24) is 14.8 Å². The second-order valence-electron chi connectivity index (χ2n) is 6.94. The van der Waals surface area contributed by atoms with Gasteiger partial charge in [0.2, 0.25) is 0 Å². The first-order valence-corrected chi connectivity index (χ1v) is 9.54. The van der Waals surface area contributed by atoms with Crippen LogP contribution < -0.4 is 5.32 Å². The van der Waals surface area contributed by atoms with Crippen molar-refractivity contribution in [3.05, 3.63) is 84.1 Å². The number of anilines is 1. The van der Waals surface area contributed by atoms with Crippen LogP contribution in [-0.2, 0) is 6.54 Å². The number of benzene rings is 1. The molecule has 0 radical (unpaired) electrons. The zero-order valence-corrected chi connectivity index (χ0v) is 16.0. The summed E-state index contributed by atoms with van der Waals surface area (Å²) in [5.41, 5.74) is 2.41. The summed E-state index contributed by atoms with van der Waals surface area (Å²) < 4.78 is 5.07. The third kappa shape index (κ3) is 4.70. The van der Waals surface area contributed by atoms with E-state index < -0.39 is 0 Å². The number of nitrogens with one attached hydrogen (secondary N) is 1. The Morgan fingerprint density at radius 2 is 1.79 bits per heavy atom. The lowest BCUT2D eigenvalue weighted by atomic mass is 10.1. The SMILES string of the molecule is O=C(Nc1ccc(C(=O)N2CCN(Cc3cccnc3)CC2)cc1)c1ccco1.